The number of rotatable bonds is 2. The SMILES string of the molecule is CC(C)N(C)c1cncc(Br)c1. The van der Waals surface area contributed by atoms with E-state index in [4.69, 9.17) is 0 Å². The topological polar surface area (TPSA) is 16.1 Å². The van der Waals surface area contributed by atoms with E-state index >= 15 is 0 Å². The van der Waals surface area contributed by atoms with Gasteiger partial charge < -0.3 is 4.90 Å². The summed E-state index contributed by atoms with van der Waals surface area (Å²) in [6.07, 6.45) is 3.66. The van der Waals surface area contributed by atoms with Crippen molar-refractivity contribution in [3.8, 4) is 0 Å². The third-order valence-electron chi connectivity index (χ3n) is 1.87. The van der Waals surface area contributed by atoms with Crippen LogP contribution in [0, 0.1) is 0 Å². The zero-order valence-corrected chi connectivity index (χ0v) is 9.17. The molecule has 0 saturated carbocycles. The lowest BCUT2D eigenvalue weighted by Crippen LogP contribution is -2.25. The molecule has 0 aliphatic rings. The molecule has 0 unspecified atom stereocenters. The Balaban J connectivity index is 2.88. The maximum atomic E-state index is 4.10. The molecule has 0 N–H and O–H groups in total. The molecule has 0 aliphatic carbocycles. The van der Waals surface area contributed by atoms with Crippen LogP contribution in [0.5, 0.6) is 0 Å². The van der Waals surface area contributed by atoms with E-state index in [-0.39, 0.29) is 0 Å². The zero-order chi connectivity index (χ0) is 9.14. The Morgan fingerprint density at radius 3 is 2.58 bits per heavy atom. The summed E-state index contributed by atoms with van der Waals surface area (Å²) < 4.78 is 1.02. The predicted molar refractivity (Wildman–Crippen MR) is 55.5 cm³/mol. The van der Waals surface area contributed by atoms with E-state index < -0.39 is 0 Å². The van der Waals surface area contributed by atoms with Crippen LogP contribution in [-0.4, -0.2) is 18.1 Å². The van der Waals surface area contributed by atoms with E-state index in [0.29, 0.717) is 6.04 Å². The van der Waals surface area contributed by atoms with Crippen LogP contribution in [0.3, 0.4) is 0 Å². The van der Waals surface area contributed by atoms with Gasteiger partial charge in [0.25, 0.3) is 0 Å². The summed E-state index contributed by atoms with van der Waals surface area (Å²) in [4.78, 5) is 6.28. The van der Waals surface area contributed by atoms with Crippen LogP contribution in [0.4, 0.5) is 5.69 Å². The maximum absolute atomic E-state index is 4.10. The molecule has 66 valence electrons. The summed E-state index contributed by atoms with van der Waals surface area (Å²) in [5.74, 6) is 0. The van der Waals surface area contributed by atoms with Gasteiger partial charge in [0, 0.05) is 23.8 Å². The van der Waals surface area contributed by atoms with E-state index in [2.05, 4.69) is 52.8 Å². The van der Waals surface area contributed by atoms with E-state index in [9.17, 15) is 0 Å². The third-order valence-corrected chi connectivity index (χ3v) is 2.31. The van der Waals surface area contributed by atoms with Crippen molar-refractivity contribution in [3.05, 3.63) is 22.9 Å². The summed E-state index contributed by atoms with van der Waals surface area (Å²) in [7, 11) is 2.06. The summed E-state index contributed by atoms with van der Waals surface area (Å²) in [6, 6.07) is 2.56. The highest BCUT2D eigenvalue weighted by Gasteiger charge is 2.04. The minimum atomic E-state index is 0.501. The van der Waals surface area contributed by atoms with Gasteiger partial charge in [0.05, 0.1) is 11.9 Å². The quantitative estimate of drug-likeness (QED) is 0.775. The van der Waals surface area contributed by atoms with Crippen LogP contribution in [0.25, 0.3) is 0 Å². The second kappa shape index (κ2) is 3.90. The average Bonchev–Trinajstić information content (AvgIpc) is 2.03. The molecule has 1 aromatic heterocycles. The van der Waals surface area contributed by atoms with Crippen LogP contribution in [-0.2, 0) is 0 Å². The molecule has 0 saturated heterocycles. The highest BCUT2D eigenvalue weighted by molar-refractivity contribution is 9.10. The van der Waals surface area contributed by atoms with Crippen molar-refractivity contribution < 1.29 is 0 Å². The van der Waals surface area contributed by atoms with Crippen molar-refractivity contribution in [1.29, 1.82) is 0 Å². The van der Waals surface area contributed by atoms with Gasteiger partial charge in [-0.3, -0.25) is 4.98 Å². The lowest BCUT2D eigenvalue weighted by Gasteiger charge is -2.23. The molecule has 1 rings (SSSR count). The average molecular weight is 229 g/mol. The van der Waals surface area contributed by atoms with Crippen molar-refractivity contribution in [1.82, 2.24) is 4.98 Å². The maximum Gasteiger partial charge on any atom is 0.0563 e. The van der Waals surface area contributed by atoms with Gasteiger partial charge >= 0.3 is 0 Å². The Morgan fingerprint density at radius 1 is 1.42 bits per heavy atom. The van der Waals surface area contributed by atoms with Gasteiger partial charge in [-0.15, -0.1) is 0 Å². The third kappa shape index (κ3) is 2.21. The fourth-order valence-electron chi connectivity index (χ4n) is 0.892. The summed E-state index contributed by atoms with van der Waals surface area (Å²) >= 11 is 3.39. The fourth-order valence-corrected chi connectivity index (χ4v) is 1.24. The number of halogens is 1. The summed E-state index contributed by atoms with van der Waals surface area (Å²) in [5.41, 5.74) is 1.14. The van der Waals surface area contributed by atoms with Crippen molar-refractivity contribution in [2.75, 3.05) is 11.9 Å². The van der Waals surface area contributed by atoms with E-state index in [1.54, 1.807) is 6.20 Å². The minimum Gasteiger partial charge on any atom is -0.371 e. The number of hydrogen-bond acceptors (Lipinski definition) is 2. The first kappa shape index (κ1) is 9.52. The first-order chi connectivity index (χ1) is 5.61. The molecule has 0 spiro atoms. The van der Waals surface area contributed by atoms with Gasteiger partial charge in [0.1, 0.15) is 0 Å². The Morgan fingerprint density at radius 2 is 2.08 bits per heavy atom. The van der Waals surface area contributed by atoms with E-state index in [1.165, 1.54) is 0 Å². The normalized spacial score (nSPS) is 10.4. The van der Waals surface area contributed by atoms with E-state index in [0.717, 1.165) is 10.2 Å². The summed E-state index contributed by atoms with van der Waals surface area (Å²) in [5, 5.41) is 0. The van der Waals surface area contributed by atoms with Gasteiger partial charge in [-0.2, -0.15) is 0 Å². The Kier molecular flexibility index (Phi) is 3.09. The highest BCUT2D eigenvalue weighted by atomic mass is 79.9. The van der Waals surface area contributed by atoms with Crippen LogP contribution in [0.15, 0.2) is 22.9 Å². The van der Waals surface area contributed by atoms with Gasteiger partial charge in [-0.1, -0.05) is 0 Å². The largest absolute Gasteiger partial charge is 0.371 e. The molecular formula is C9H13BrN2. The molecule has 0 bridgehead atoms. The van der Waals surface area contributed by atoms with Crippen LogP contribution >= 0.6 is 15.9 Å². The Bertz CT molecular complexity index is 260. The second-order valence-corrected chi connectivity index (χ2v) is 3.98. The van der Waals surface area contributed by atoms with Crippen LogP contribution < -0.4 is 4.90 Å². The molecule has 2 nitrogen and oxygen atoms in total. The van der Waals surface area contributed by atoms with Gasteiger partial charge in [0.15, 0.2) is 0 Å². The molecule has 0 fully saturated rings. The molecule has 1 heterocycles. The standard InChI is InChI=1S/C9H13BrN2/c1-7(2)12(3)9-4-8(10)5-11-6-9/h4-7H,1-3H3. The molecule has 0 aliphatic heterocycles. The Hall–Kier alpha value is -0.570. The van der Waals surface area contributed by atoms with Gasteiger partial charge in [0.2, 0.25) is 0 Å². The lowest BCUT2D eigenvalue weighted by atomic mass is 10.3. The monoisotopic (exact) mass is 228 g/mol. The molecule has 0 atom stereocenters. The van der Waals surface area contributed by atoms with Gasteiger partial charge in [-0.25, -0.2) is 0 Å². The first-order valence-corrected chi connectivity index (χ1v) is 4.74. The van der Waals surface area contributed by atoms with Crippen LogP contribution in [0.2, 0.25) is 0 Å². The number of nitrogens with zero attached hydrogens (tertiary/aromatic N) is 2. The van der Waals surface area contributed by atoms with Crippen molar-refractivity contribution >= 4 is 21.6 Å². The molecule has 12 heavy (non-hydrogen) atoms. The van der Waals surface area contributed by atoms with Crippen molar-refractivity contribution in [2.24, 2.45) is 0 Å². The van der Waals surface area contributed by atoms with E-state index in [1.807, 2.05) is 6.20 Å². The highest BCUT2D eigenvalue weighted by Crippen LogP contribution is 2.18. The first-order valence-electron chi connectivity index (χ1n) is 3.94. The van der Waals surface area contributed by atoms with Crippen molar-refractivity contribution in [3.63, 3.8) is 0 Å². The molecule has 0 amide bonds. The lowest BCUT2D eigenvalue weighted by molar-refractivity contribution is 0.752. The van der Waals surface area contributed by atoms with Crippen molar-refractivity contribution in [2.45, 2.75) is 19.9 Å². The molecule has 1 aromatic rings. The molecule has 0 radical (unpaired) electrons. The van der Waals surface area contributed by atoms with Crippen LogP contribution in [0.1, 0.15) is 13.8 Å². The number of anilines is 1. The smallest absolute Gasteiger partial charge is 0.0563 e. The molecule has 3 heteroatoms. The molecule has 0 aromatic carbocycles. The number of hydrogen-bond donors (Lipinski definition) is 0. The fraction of sp³-hybridized carbons (Fsp3) is 0.444. The minimum absolute atomic E-state index is 0.501. The molecular weight excluding hydrogens is 216 g/mol. The van der Waals surface area contributed by atoms with Gasteiger partial charge in [-0.05, 0) is 35.8 Å². The summed E-state index contributed by atoms with van der Waals surface area (Å²) in [6.45, 7) is 4.31. The Labute approximate surface area is 81.7 Å². The second-order valence-electron chi connectivity index (χ2n) is 3.07. The zero-order valence-electron chi connectivity index (χ0n) is 7.58. The number of aromatic nitrogens is 1. The number of pyridine rings is 1. The predicted octanol–water partition coefficient (Wildman–Crippen LogP) is 2.69.